The van der Waals surface area contributed by atoms with Crippen molar-refractivity contribution in [2.75, 3.05) is 33.2 Å². The third kappa shape index (κ3) is 7.39. The maximum atomic E-state index is 14.0. The molecule has 0 radical (unpaired) electrons. The lowest BCUT2D eigenvalue weighted by atomic mass is 9.83. The van der Waals surface area contributed by atoms with Crippen LogP contribution < -0.4 is 5.32 Å². The van der Waals surface area contributed by atoms with Crippen LogP contribution in [0.1, 0.15) is 80.6 Å². The van der Waals surface area contributed by atoms with Crippen LogP contribution >= 0.6 is 0 Å². The molecule has 2 N–H and O–H groups in total. The fourth-order valence-electron chi connectivity index (χ4n) is 6.15. The van der Waals surface area contributed by atoms with Gasteiger partial charge in [0, 0.05) is 51.2 Å². The van der Waals surface area contributed by atoms with Crippen molar-refractivity contribution in [1.82, 2.24) is 24.6 Å². The minimum absolute atomic E-state index is 0.0571. The number of nitrogens with zero attached hydrogens (tertiary/aromatic N) is 4. The summed E-state index contributed by atoms with van der Waals surface area (Å²) in [6.07, 6.45) is 3.87. The van der Waals surface area contributed by atoms with Crippen LogP contribution in [0.3, 0.4) is 0 Å². The quantitative estimate of drug-likeness (QED) is 0.477. The minimum atomic E-state index is -1.33. The van der Waals surface area contributed by atoms with Crippen LogP contribution in [-0.2, 0) is 21.4 Å². The molecule has 1 aromatic heterocycles. The lowest BCUT2D eigenvalue weighted by molar-refractivity contribution is -0.140. The van der Waals surface area contributed by atoms with Crippen molar-refractivity contribution in [1.29, 1.82) is 0 Å². The smallest absolute Gasteiger partial charge is 0.410 e. The average Bonchev–Trinajstić information content (AvgIpc) is 3.29. The summed E-state index contributed by atoms with van der Waals surface area (Å²) in [5, 5.41) is 13.0. The fraction of sp³-hybridized carbons (Fsp3) is 0.594. The zero-order valence-corrected chi connectivity index (χ0v) is 26.9. The van der Waals surface area contributed by atoms with Gasteiger partial charge in [-0.1, -0.05) is 19.3 Å². The largest absolute Gasteiger partial charge is 0.478 e. The van der Waals surface area contributed by atoms with Gasteiger partial charge in [0.05, 0.1) is 5.56 Å². The number of hydrogen-bond acceptors (Lipinski definition) is 6. The number of benzene rings is 1. The summed E-state index contributed by atoms with van der Waals surface area (Å²) in [6.45, 7) is 7.49. The molecule has 1 aliphatic heterocycles. The van der Waals surface area contributed by atoms with Gasteiger partial charge in [-0.25, -0.2) is 14.0 Å². The van der Waals surface area contributed by atoms with Gasteiger partial charge in [-0.3, -0.25) is 19.3 Å². The number of aromatic carboxylic acids is 1. The predicted octanol–water partition coefficient (Wildman–Crippen LogP) is 3.62. The Morgan fingerprint density at radius 1 is 1.02 bits per heavy atom. The van der Waals surface area contributed by atoms with E-state index in [1.165, 1.54) is 33.5 Å². The summed E-state index contributed by atoms with van der Waals surface area (Å²) in [7, 11) is 3.05. The Balaban J connectivity index is 1.48. The number of hydrogen-bond donors (Lipinski definition) is 2. The summed E-state index contributed by atoms with van der Waals surface area (Å²) in [6, 6.07) is 2.09. The van der Waals surface area contributed by atoms with Crippen LogP contribution in [0.5, 0.6) is 0 Å². The summed E-state index contributed by atoms with van der Waals surface area (Å²) in [4.78, 5) is 70.0. The van der Waals surface area contributed by atoms with E-state index in [2.05, 4.69) is 5.32 Å². The molecule has 1 aliphatic carbocycles. The number of halogens is 1. The number of carboxylic acids is 1. The van der Waals surface area contributed by atoms with Gasteiger partial charge in [0.25, 0.3) is 5.91 Å². The number of carbonyl (C=O) groups excluding carboxylic acids is 4. The number of fused-ring (bicyclic) bond motifs is 1. The average molecular weight is 630 g/mol. The molecule has 45 heavy (non-hydrogen) atoms. The summed E-state index contributed by atoms with van der Waals surface area (Å²) >= 11 is 0. The molecule has 2 heterocycles. The highest BCUT2D eigenvalue weighted by atomic mass is 19.1. The zero-order chi connectivity index (χ0) is 33.2. The molecule has 2 aliphatic rings. The first-order valence-corrected chi connectivity index (χ1v) is 15.5. The predicted molar refractivity (Wildman–Crippen MR) is 164 cm³/mol. The van der Waals surface area contributed by atoms with E-state index >= 15 is 0 Å². The lowest BCUT2D eigenvalue weighted by Crippen LogP contribution is -2.60. The van der Waals surface area contributed by atoms with Gasteiger partial charge in [0.15, 0.2) is 0 Å². The molecular weight excluding hydrogens is 585 g/mol. The first-order chi connectivity index (χ1) is 21.1. The number of likely N-dealkylation sites (N-methyl/N-ethyl adjacent to an activating group) is 1. The standard InChI is InChI=1S/C32H44FN5O7/c1-19(35(5)31(44)45-32(2,3)4)27(39)34-25(20-10-8-7-9-11-20)28(40)37-14-16-38(17-15-37)29(41)26-24(30(42)43)22-18-21(33)12-13-23(22)36(26)6/h12-13,18-20,25H,7-11,14-17H2,1-6H3,(H,34,39)(H,42,43)/t19-,25-/m0/s1. The van der Waals surface area contributed by atoms with E-state index in [1.54, 1.807) is 39.6 Å². The van der Waals surface area contributed by atoms with Crippen molar-refractivity contribution >= 4 is 40.7 Å². The highest BCUT2D eigenvalue weighted by Gasteiger charge is 2.38. The van der Waals surface area contributed by atoms with Gasteiger partial charge in [-0.05, 0) is 64.7 Å². The van der Waals surface area contributed by atoms with Crippen LogP contribution in [0, 0.1) is 11.7 Å². The topological polar surface area (TPSA) is 141 Å². The summed E-state index contributed by atoms with van der Waals surface area (Å²) in [5.41, 5.74) is -0.630. The number of nitrogens with one attached hydrogen (secondary N) is 1. The Morgan fingerprint density at radius 2 is 1.62 bits per heavy atom. The molecule has 12 nitrogen and oxygen atoms in total. The Hall–Kier alpha value is -4.16. The van der Waals surface area contributed by atoms with Crippen LogP contribution in [-0.4, -0.2) is 105 Å². The summed E-state index contributed by atoms with van der Waals surface area (Å²) in [5.74, 6) is -3.23. The van der Waals surface area contributed by atoms with E-state index in [0.29, 0.717) is 5.52 Å². The van der Waals surface area contributed by atoms with Crippen LogP contribution in [0.25, 0.3) is 10.9 Å². The second-order valence-corrected chi connectivity index (χ2v) is 13.0. The maximum Gasteiger partial charge on any atom is 0.410 e. The molecule has 0 unspecified atom stereocenters. The Labute approximate surface area is 262 Å². The van der Waals surface area contributed by atoms with E-state index in [9.17, 15) is 33.5 Å². The normalized spacial score (nSPS) is 17.5. The molecule has 4 rings (SSSR count). The van der Waals surface area contributed by atoms with E-state index in [0.717, 1.165) is 38.2 Å². The van der Waals surface area contributed by atoms with Crippen molar-refractivity contribution in [3.8, 4) is 0 Å². The molecular formula is C32H44FN5O7. The van der Waals surface area contributed by atoms with Crippen molar-refractivity contribution in [3.63, 3.8) is 0 Å². The molecule has 4 amide bonds. The van der Waals surface area contributed by atoms with Crippen molar-refractivity contribution in [3.05, 3.63) is 35.3 Å². The van der Waals surface area contributed by atoms with Crippen molar-refractivity contribution in [2.45, 2.75) is 77.5 Å². The van der Waals surface area contributed by atoms with Crippen LogP contribution in [0.4, 0.5) is 9.18 Å². The Kier molecular flexibility index (Phi) is 10.1. The zero-order valence-electron chi connectivity index (χ0n) is 26.9. The molecule has 2 atom stereocenters. The monoisotopic (exact) mass is 629 g/mol. The third-order valence-electron chi connectivity index (χ3n) is 8.78. The Morgan fingerprint density at radius 3 is 2.20 bits per heavy atom. The van der Waals surface area contributed by atoms with E-state index < -0.39 is 47.4 Å². The van der Waals surface area contributed by atoms with E-state index in [4.69, 9.17) is 4.74 Å². The molecule has 2 aromatic rings. The number of aromatic nitrogens is 1. The molecule has 246 valence electrons. The number of rotatable bonds is 7. The first kappa shape index (κ1) is 33.7. The van der Waals surface area contributed by atoms with Gasteiger partial charge in [0.1, 0.15) is 29.2 Å². The van der Waals surface area contributed by atoms with Gasteiger partial charge in [-0.2, -0.15) is 0 Å². The number of piperazine rings is 1. The van der Waals surface area contributed by atoms with Gasteiger partial charge < -0.3 is 29.5 Å². The molecule has 0 spiro atoms. The minimum Gasteiger partial charge on any atom is -0.478 e. The van der Waals surface area contributed by atoms with E-state index in [-0.39, 0.29) is 54.6 Å². The number of carbonyl (C=O) groups is 5. The lowest BCUT2D eigenvalue weighted by Gasteiger charge is -2.39. The van der Waals surface area contributed by atoms with Crippen molar-refractivity contribution in [2.24, 2.45) is 13.0 Å². The number of ether oxygens (including phenoxy) is 1. The highest BCUT2D eigenvalue weighted by Crippen LogP contribution is 2.30. The van der Waals surface area contributed by atoms with Gasteiger partial charge in [0.2, 0.25) is 11.8 Å². The van der Waals surface area contributed by atoms with Gasteiger partial charge in [-0.15, -0.1) is 0 Å². The second-order valence-electron chi connectivity index (χ2n) is 13.0. The maximum absolute atomic E-state index is 14.0. The Bertz CT molecular complexity index is 1470. The SMILES string of the molecule is C[C@@H](C(=O)N[C@H](C(=O)N1CCN(C(=O)c2c(C(=O)O)c3cc(F)ccc3n2C)CC1)C1CCCCC1)N(C)C(=O)OC(C)(C)C. The molecule has 0 bridgehead atoms. The van der Waals surface area contributed by atoms with Crippen LogP contribution in [0.15, 0.2) is 18.2 Å². The highest BCUT2D eigenvalue weighted by molar-refractivity contribution is 6.13. The fourth-order valence-corrected chi connectivity index (χ4v) is 6.15. The number of aryl methyl sites for hydroxylation is 1. The molecule has 2 fully saturated rings. The van der Waals surface area contributed by atoms with Crippen LogP contribution in [0.2, 0.25) is 0 Å². The van der Waals surface area contributed by atoms with Crippen molar-refractivity contribution < 1.29 is 38.2 Å². The first-order valence-electron chi connectivity index (χ1n) is 15.5. The third-order valence-corrected chi connectivity index (χ3v) is 8.78. The number of amides is 4. The second kappa shape index (κ2) is 13.5. The molecule has 1 saturated heterocycles. The summed E-state index contributed by atoms with van der Waals surface area (Å²) < 4.78 is 20.8. The molecule has 13 heteroatoms. The van der Waals surface area contributed by atoms with E-state index in [1.807, 2.05) is 0 Å². The molecule has 1 saturated carbocycles. The van der Waals surface area contributed by atoms with Gasteiger partial charge >= 0.3 is 12.1 Å². The molecule has 1 aromatic carbocycles. The number of carboxylic acid groups (broad SMARTS) is 1.